The van der Waals surface area contributed by atoms with Crippen molar-refractivity contribution in [2.45, 2.75) is 26.1 Å². The Morgan fingerprint density at radius 1 is 1.15 bits per heavy atom. The smallest absolute Gasteiger partial charge is 0.433 e. The number of anilines is 3. The van der Waals surface area contributed by atoms with Crippen molar-refractivity contribution < 1.29 is 27.8 Å². The summed E-state index contributed by atoms with van der Waals surface area (Å²) in [6, 6.07) is 5.23. The third kappa shape index (κ3) is 4.51. The first-order valence-corrected chi connectivity index (χ1v) is 8.26. The number of aromatic nitrogens is 2. The van der Waals surface area contributed by atoms with Gasteiger partial charge < -0.3 is 25.2 Å². The maximum atomic E-state index is 13.2. The second-order valence-corrected chi connectivity index (χ2v) is 6.33. The normalized spacial score (nSPS) is 14.3. The number of aliphatic hydroxyl groups is 1. The molecule has 2 aromatic rings. The van der Waals surface area contributed by atoms with Gasteiger partial charge in [0.2, 0.25) is 12.7 Å². The molecule has 0 fully saturated rings. The van der Waals surface area contributed by atoms with Crippen LogP contribution in [0.1, 0.15) is 19.5 Å². The summed E-state index contributed by atoms with van der Waals surface area (Å²) in [4.78, 5) is 7.62. The molecule has 0 radical (unpaired) electrons. The van der Waals surface area contributed by atoms with Gasteiger partial charge in [0, 0.05) is 17.8 Å². The highest BCUT2D eigenvalue weighted by molar-refractivity contribution is 5.62. The van der Waals surface area contributed by atoms with Gasteiger partial charge in [-0.2, -0.15) is 18.2 Å². The van der Waals surface area contributed by atoms with Gasteiger partial charge in [0.15, 0.2) is 17.2 Å². The van der Waals surface area contributed by atoms with Crippen molar-refractivity contribution in [3.05, 3.63) is 30.0 Å². The Hall–Kier alpha value is -2.75. The number of nitrogens with one attached hydrogen (secondary N) is 2. The summed E-state index contributed by atoms with van der Waals surface area (Å²) in [7, 11) is 0. The maximum absolute atomic E-state index is 13.2. The zero-order valence-corrected chi connectivity index (χ0v) is 14.7. The number of fused-ring (bicyclic) bond motifs is 1. The summed E-state index contributed by atoms with van der Waals surface area (Å²) < 4.78 is 50.1. The Bertz CT molecular complexity index is 814. The molecule has 3 rings (SSSR count). The van der Waals surface area contributed by atoms with Crippen LogP contribution in [0.25, 0.3) is 0 Å². The van der Waals surface area contributed by atoms with Gasteiger partial charge in [-0.1, -0.05) is 13.8 Å². The highest BCUT2D eigenvalue weighted by Gasteiger charge is 2.34. The lowest BCUT2D eigenvalue weighted by molar-refractivity contribution is -0.141. The number of benzene rings is 1. The fraction of sp³-hybridized carbons (Fsp3) is 0.412. The van der Waals surface area contributed by atoms with Crippen LogP contribution in [-0.2, 0) is 6.18 Å². The average Bonchev–Trinajstić information content (AvgIpc) is 3.06. The predicted octanol–water partition coefficient (Wildman–Crippen LogP) is 3.40. The molecule has 0 saturated carbocycles. The molecule has 0 bridgehead atoms. The Kier molecular flexibility index (Phi) is 5.26. The van der Waals surface area contributed by atoms with E-state index in [2.05, 4.69) is 20.6 Å². The van der Waals surface area contributed by atoms with Gasteiger partial charge in [-0.25, -0.2) is 4.98 Å². The monoisotopic (exact) mass is 384 g/mol. The summed E-state index contributed by atoms with van der Waals surface area (Å²) >= 11 is 0. The number of rotatable bonds is 6. The Labute approximate surface area is 153 Å². The zero-order chi connectivity index (χ0) is 19.6. The Morgan fingerprint density at radius 3 is 2.56 bits per heavy atom. The molecule has 1 atom stereocenters. The van der Waals surface area contributed by atoms with Crippen LogP contribution in [0, 0.1) is 5.92 Å². The molecule has 146 valence electrons. The van der Waals surface area contributed by atoms with Gasteiger partial charge in [0.25, 0.3) is 0 Å². The molecule has 0 aliphatic carbocycles. The molecule has 0 unspecified atom stereocenters. The van der Waals surface area contributed by atoms with Crippen LogP contribution in [0.5, 0.6) is 11.5 Å². The van der Waals surface area contributed by atoms with Crippen LogP contribution < -0.4 is 20.1 Å². The van der Waals surface area contributed by atoms with Crippen molar-refractivity contribution >= 4 is 17.5 Å². The third-order valence-corrected chi connectivity index (χ3v) is 3.98. The van der Waals surface area contributed by atoms with Gasteiger partial charge in [0.1, 0.15) is 5.82 Å². The standard InChI is InChI=1S/C17H19F3N4O3/c1-9(2)11(7-25)22-16-23-14(17(18,19)20)6-15(24-16)21-10-3-4-12-13(5-10)27-8-26-12/h3-6,9,11,25H,7-8H2,1-2H3,(H2,21,22,23,24)/t11-/m0/s1. The van der Waals surface area contributed by atoms with E-state index in [1.54, 1.807) is 18.2 Å². The first-order chi connectivity index (χ1) is 12.8. The Balaban J connectivity index is 1.90. The van der Waals surface area contributed by atoms with Crippen LogP contribution in [0.4, 0.5) is 30.6 Å². The minimum absolute atomic E-state index is 0.0292. The summed E-state index contributed by atoms with van der Waals surface area (Å²) in [5, 5.41) is 15.0. The first kappa shape index (κ1) is 19.0. The lowest BCUT2D eigenvalue weighted by Gasteiger charge is -2.21. The molecule has 0 amide bonds. The molecule has 1 aromatic carbocycles. The molecule has 1 aliphatic rings. The van der Waals surface area contributed by atoms with Gasteiger partial charge in [-0.3, -0.25) is 0 Å². The second kappa shape index (κ2) is 7.47. The lowest BCUT2D eigenvalue weighted by Crippen LogP contribution is -2.30. The van der Waals surface area contributed by atoms with E-state index in [9.17, 15) is 18.3 Å². The third-order valence-electron chi connectivity index (χ3n) is 3.98. The molecule has 27 heavy (non-hydrogen) atoms. The summed E-state index contributed by atoms with van der Waals surface area (Å²) in [5.74, 6) is 0.756. The lowest BCUT2D eigenvalue weighted by atomic mass is 10.1. The number of halogens is 3. The number of ether oxygens (including phenoxy) is 2. The number of hydrogen-bond donors (Lipinski definition) is 3. The van der Waals surface area contributed by atoms with E-state index in [4.69, 9.17) is 9.47 Å². The number of aliphatic hydroxyl groups excluding tert-OH is 1. The van der Waals surface area contributed by atoms with E-state index >= 15 is 0 Å². The van der Waals surface area contributed by atoms with Crippen LogP contribution in [0.3, 0.4) is 0 Å². The van der Waals surface area contributed by atoms with E-state index in [1.807, 2.05) is 13.8 Å². The van der Waals surface area contributed by atoms with Crippen LogP contribution in [0.15, 0.2) is 24.3 Å². The predicted molar refractivity (Wildman–Crippen MR) is 92.2 cm³/mol. The molecule has 0 saturated heterocycles. The van der Waals surface area contributed by atoms with Gasteiger partial charge in [-0.05, 0) is 18.1 Å². The molecule has 1 aromatic heterocycles. The van der Waals surface area contributed by atoms with Gasteiger partial charge in [0.05, 0.1) is 12.6 Å². The van der Waals surface area contributed by atoms with Crippen molar-refractivity contribution in [3.63, 3.8) is 0 Å². The van der Waals surface area contributed by atoms with Crippen molar-refractivity contribution in [2.75, 3.05) is 24.0 Å². The maximum Gasteiger partial charge on any atom is 0.433 e. The molecular formula is C17H19F3N4O3. The first-order valence-electron chi connectivity index (χ1n) is 8.26. The number of nitrogens with zero attached hydrogens (tertiary/aromatic N) is 2. The summed E-state index contributed by atoms with van der Waals surface area (Å²) in [6.07, 6.45) is -4.64. The fourth-order valence-corrected chi connectivity index (χ4v) is 2.43. The zero-order valence-electron chi connectivity index (χ0n) is 14.7. The highest BCUT2D eigenvalue weighted by atomic mass is 19.4. The van der Waals surface area contributed by atoms with Crippen molar-refractivity contribution in [3.8, 4) is 11.5 Å². The van der Waals surface area contributed by atoms with Gasteiger partial charge in [-0.15, -0.1) is 0 Å². The molecule has 1 aliphatic heterocycles. The molecule has 2 heterocycles. The van der Waals surface area contributed by atoms with Crippen molar-refractivity contribution in [1.82, 2.24) is 9.97 Å². The SMILES string of the molecule is CC(C)[C@H](CO)Nc1nc(Nc2ccc3c(c2)OCO3)cc(C(F)(F)F)n1. The minimum Gasteiger partial charge on any atom is -0.454 e. The molecule has 7 nitrogen and oxygen atoms in total. The topological polar surface area (TPSA) is 88.5 Å². The Morgan fingerprint density at radius 2 is 1.89 bits per heavy atom. The van der Waals surface area contributed by atoms with Crippen LogP contribution in [0.2, 0.25) is 0 Å². The van der Waals surface area contributed by atoms with E-state index < -0.39 is 17.9 Å². The molecular weight excluding hydrogens is 365 g/mol. The van der Waals surface area contributed by atoms with Crippen LogP contribution in [-0.4, -0.2) is 34.5 Å². The summed E-state index contributed by atoms with van der Waals surface area (Å²) in [5.41, 5.74) is -0.608. The molecule has 10 heteroatoms. The number of hydrogen-bond acceptors (Lipinski definition) is 7. The quantitative estimate of drug-likeness (QED) is 0.703. The number of alkyl halides is 3. The van der Waals surface area contributed by atoms with Crippen LogP contribution >= 0.6 is 0 Å². The molecule has 3 N–H and O–H groups in total. The van der Waals surface area contributed by atoms with Gasteiger partial charge >= 0.3 is 6.18 Å². The van der Waals surface area contributed by atoms with Crippen molar-refractivity contribution in [2.24, 2.45) is 5.92 Å². The average molecular weight is 384 g/mol. The van der Waals surface area contributed by atoms with E-state index in [1.165, 1.54) is 0 Å². The fourth-order valence-electron chi connectivity index (χ4n) is 2.43. The van der Waals surface area contributed by atoms with E-state index in [0.717, 1.165) is 6.07 Å². The second-order valence-electron chi connectivity index (χ2n) is 6.33. The summed E-state index contributed by atoms with van der Waals surface area (Å²) in [6.45, 7) is 3.49. The highest BCUT2D eigenvalue weighted by Crippen LogP contribution is 2.36. The van der Waals surface area contributed by atoms with E-state index in [0.29, 0.717) is 17.2 Å². The largest absolute Gasteiger partial charge is 0.454 e. The van der Waals surface area contributed by atoms with E-state index in [-0.39, 0.29) is 31.1 Å². The minimum atomic E-state index is -4.64. The van der Waals surface area contributed by atoms with Crippen molar-refractivity contribution in [1.29, 1.82) is 0 Å². The molecule has 0 spiro atoms.